The number of carbonyl (C=O) groups is 1. The summed E-state index contributed by atoms with van der Waals surface area (Å²) in [5.74, 6) is -0.208. The van der Waals surface area contributed by atoms with E-state index in [4.69, 9.17) is 0 Å². The van der Waals surface area contributed by atoms with E-state index in [0.717, 1.165) is 5.69 Å². The van der Waals surface area contributed by atoms with Crippen molar-refractivity contribution in [3.05, 3.63) is 27.7 Å². The van der Waals surface area contributed by atoms with Crippen LogP contribution in [0.25, 0.3) is 0 Å². The second-order valence-corrected chi connectivity index (χ2v) is 4.20. The van der Waals surface area contributed by atoms with Crippen molar-refractivity contribution in [1.82, 2.24) is 9.97 Å². The fraction of sp³-hybridized carbons (Fsp3) is 0.125. The minimum atomic E-state index is -0.208. The lowest BCUT2D eigenvalue weighted by Crippen LogP contribution is -2.11. The van der Waals surface area contributed by atoms with Crippen LogP contribution >= 0.6 is 22.7 Å². The highest BCUT2D eigenvalue weighted by Gasteiger charge is 2.09. The summed E-state index contributed by atoms with van der Waals surface area (Å²) >= 11 is 2.80. The minimum Gasteiger partial charge on any atom is -0.296 e. The van der Waals surface area contributed by atoms with Gasteiger partial charge in [0.1, 0.15) is 5.69 Å². The molecule has 0 spiro atoms. The highest BCUT2D eigenvalue weighted by Crippen LogP contribution is 2.15. The van der Waals surface area contributed by atoms with Gasteiger partial charge in [-0.2, -0.15) is 0 Å². The molecule has 0 saturated carbocycles. The fourth-order valence-corrected chi connectivity index (χ4v) is 2.11. The van der Waals surface area contributed by atoms with Crippen LogP contribution in [0.4, 0.5) is 5.13 Å². The van der Waals surface area contributed by atoms with Crippen molar-refractivity contribution in [2.45, 2.75) is 6.92 Å². The van der Waals surface area contributed by atoms with Crippen LogP contribution in [-0.2, 0) is 0 Å². The molecule has 0 saturated heterocycles. The molecule has 2 aromatic heterocycles. The maximum atomic E-state index is 11.5. The van der Waals surface area contributed by atoms with Gasteiger partial charge >= 0.3 is 0 Å². The predicted octanol–water partition coefficient (Wildman–Crippen LogP) is 2.16. The van der Waals surface area contributed by atoms with Crippen molar-refractivity contribution in [3.8, 4) is 0 Å². The molecule has 2 aromatic rings. The Kier molecular flexibility index (Phi) is 2.55. The highest BCUT2D eigenvalue weighted by molar-refractivity contribution is 7.14. The zero-order chi connectivity index (χ0) is 9.97. The number of nitrogens with zero attached hydrogens (tertiary/aromatic N) is 2. The molecule has 0 aliphatic rings. The summed E-state index contributed by atoms with van der Waals surface area (Å²) in [6, 6.07) is 0. The first kappa shape index (κ1) is 9.29. The fourth-order valence-electron chi connectivity index (χ4n) is 0.897. The van der Waals surface area contributed by atoms with Crippen molar-refractivity contribution in [2.75, 3.05) is 5.32 Å². The number of anilines is 1. The Morgan fingerprint density at radius 2 is 2.36 bits per heavy atom. The molecule has 4 nitrogen and oxygen atoms in total. The number of thiazole rings is 2. The molecule has 0 atom stereocenters. The highest BCUT2D eigenvalue weighted by atomic mass is 32.1. The van der Waals surface area contributed by atoms with E-state index in [1.165, 1.54) is 22.7 Å². The molecule has 0 bridgehead atoms. The van der Waals surface area contributed by atoms with Gasteiger partial charge in [0.2, 0.25) is 0 Å². The zero-order valence-corrected chi connectivity index (χ0v) is 8.98. The van der Waals surface area contributed by atoms with Gasteiger partial charge in [-0.15, -0.1) is 22.7 Å². The van der Waals surface area contributed by atoms with Crippen molar-refractivity contribution in [2.24, 2.45) is 0 Å². The standard InChI is InChI=1S/C8H7N3OS2/c1-5-2-14-8(10-5)11-7(12)6-3-13-4-9-6/h2-4H,1H3,(H,10,11,12). The van der Waals surface area contributed by atoms with Crippen LogP contribution in [-0.4, -0.2) is 15.9 Å². The van der Waals surface area contributed by atoms with Gasteiger partial charge in [-0.05, 0) is 6.92 Å². The van der Waals surface area contributed by atoms with Gasteiger partial charge in [0.25, 0.3) is 5.91 Å². The smallest absolute Gasteiger partial charge is 0.276 e. The summed E-state index contributed by atoms with van der Waals surface area (Å²) in [5.41, 5.74) is 2.97. The maximum absolute atomic E-state index is 11.5. The van der Waals surface area contributed by atoms with Crippen molar-refractivity contribution in [3.63, 3.8) is 0 Å². The van der Waals surface area contributed by atoms with E-state index in [0.29, 0.717) is 10.8 Å². The summed E-state index contributed by atoms with van der Waals surface area (Å²) < 4.78 is 0. The molecule has 6 heteroatoms. The minimum absolute atomic E-state index is 0.208. The first-order valence-electron chi connectivity index (χ1n) is 3.87. The number of aryl methyl sites for hydroxylation is 1. The third-order valence-corrected chi connectivity index (χ3v) is 2.97. The van der Waals surface area contributed by atoms with Crippen molar-refractivity contribution < 1.29 is 4.79 Å². The molecular formula is C8H7N3OS2. The maximum Gasteiger partial charge on any atom is 0.276 e. The summed E-state index contributed by atoms with van der Waals surface area (Å²) in [4.78, 5) is 19.5. The molecule has 0 aliphatic heterocycles. The molecular weight excluding hydrogens is 218 g/mol. The molecule has 1 N–H and O–H groups in total. The Bertz CT molecular complexity index is 435. The third kappa shape index (κ3) is 1.97. The van der Waals surface area contributed by atoms with Crippen LogP contribution < -0.4 is 5.32 Å². The van der Waals surface area contributed by atoms with E-state index in [-0.39, 0.29) is 5.91 Å². The number of carbonyl (C=O) groups excluding carboxylic acids is 1. The second kappa shape index (κ2) is 3.85. The Morgan fingerprint density at radius 1 is 1.50 bits per heavy atom. The second-order valence-electron chi connectivity index (χ2n) is 2.62. The molecule has 0 radical (unpaired) electrons. The SMILES string of the molecule is Cc1csc(NC(=O)c2cscn2)n1. The van der Waals surface area contributed by atoms with E-state index < -0.39 is 0 Å². The van der Waals surface area contributed by atoms with Crippen molar-refractivity contribution >= 4 is 33.7 Å². The summed E-state index contributed by atoms with van der Waals surface area (Å²) in [6.07, 6.45) is 0. The van der Waals surface area contributed by atoms with Crippen molar-refractivity contribution in [1.29, 1.82) is 0 Å². The molecule has 1 amide bonds. The number of amides is 1. The largest absolute Gasteiger partial charge is 0.296 e. The van der Waals surface area contributed by atoms with Gasteiger partial charge in [-0.3, -0.25) is 10.1 Å². The molecule has 0 fully saturated rings. The molecule has 72 valence electrons. The third-order valence-electron chi connectivity index (χ3n) is 1.50. The lowest BCUT2D eigenvalue weighted by molar-refractivity contribution is 0.102. The first-order valence-corrected chi connectivity index (χ1v) is 5.69. The predicted molar refractivity (Wildman–Crippen MR) is 56.9 cm³/mol. The van der Waals surface area contributed by atoms with Crippen LogP contribution in [0.2, 0.25) is 0 Å². The Balaban J connectivity index is 2.09. The van der Waals surface area contributed by atoms with E-state index in [2.05, 4.69) is 15.3 Å². The van der Waals surface area contributed by atoms with Crippen LogP contribution in [0, 0.1) is 6.92 Å². The summed E-state index contributed by atoms with van der Waals surface area (Å²) in [6.45, 7) is 1.88. The van der Waals surface area contributed by atoms with E-state index in [1.54, 1.807) is 10.9 Å². The number of hydrogen-bond acceptors (Lipinski definition) is 5. The van der Waals surface area contributed by atoms with Gasteiger partial charge in [0, 0.05) is 10.8 Å². The number of aromatic nitrogens is 2. The normalized spacial score (nSPS) is 10.1. The molecule has 0 unspecified atom stereocenters. The average Bonchev–Trinajstić information content (AvgIpc) is 2.75. The van der Waals surface area contributed by atoms with E-state index in [1.807, 2.05) is 12.3 Å². The Labute approximate surface area is 88.6 Å². The Hall–Kier alpha value is -1.27. The van der Waals surface area contributed by atoms with Crippen LogP contribution in [0.15, 0.2) is 16.3 Å². The van der Waals surface area contributed by atoms with Crippen LogP contribution in [0.1, 0.15) is 16.2 Å². The van der Waals surface area contributed by atoms with Gasteiger partial charge in [0.05, 0.1) is 11.2 Å². The van der Waals surface area contributed by atoms with Gasteiger partial charge in [-0.25, -0.2) is 9.97 Å². The summed E-state index contributed by atoms with van der Waals surface area (Å²) in [7, 11) is 0. The number of rotatable bonds is 2. The lowest BCUT2D eigenvalue weighted by atomic mass is 10.5. The Morgan fingerprint density at radius 3 is 2.93 bits per heavy atom. The molecule has 14 heavy (non-hydrogen) atoms. The molecule has 0 aromatic carbocycles. The average molecular weight is 225 g/mol. The number of hydrogen-bond donors (Lipinski definition) is 1. The van der Waals surface area contributed by atoms with E-state index in [9.17, 15) is 4.79 Å². The summed E-state index contributed by atoms with van der Waals surface area (Å²) in [5, 5.41) is 6.88. The van der Waals surface area contributed by atoms with Crippen LogP contribution in [0.5, 0.6) is 0 Å². The lowest BCUT2D eigenvalue weighted by Gasteiger charge is -1.96. The quantitative estimate of drug-likeness (QED) is 0.852. The van der Waals surface area contributed by atoms with Gasteiger partial charge < -0.3 is 0 Å². The first-order chi connectivity index (χ1) is 6.75. The topological polar surface area (TPSA) is 54.9 Å². The molecule has 2 rings (SSSR count). The van der Waals surface area contributed by atoms with E-state index >= 15 is 0 Å². The molecule has 0 aliphatic carbocycles. The monoisotopic (exact) mass is 225 g/mol. The number of nitrogens with one attached hydrogen (secondary N) is 1. The van der Waals surface area contributed by atoms with Gasteiger partial charge in [0.15, 0.2) is 5.13 Å². The zero-order valence-electron chi connectivity index (χ0n) is 7.35. The van der Waals surface area contributed by atoms with Gasteiger partial charge in [-0.1, -0.05) is 0 Å². The molecule has 2 heterocycles. The van der Waals surface area contributed by atoms with Crippen LogP contribution in [0.3, 0.4) is 0 Å².